The van der Waals surface area contributed by atoms with Crippen LogP contribution in [0.25, 0.3) is 11.3 Å². The van der Waals surface area contributed by atoms with E-state index in [0.29, 0.717) is 37.6 Å². The van der Waals surface area contributed by atoms with Gasteiger partial charge < -0.3 is 10.5 Å². The number of anilines is 1. The van der Waals surface area contributed by atoms with Crippen LogP contribution in [0.1, 0.15) is 79.3 Å². The molecule has 1 aliphatic heterocycles. The molecule has 2 N–H and O–H groups in total. The number of aromatic nitrogens is 4. The molecule has 3 aromatic rings. The Morgan fingerprint density at radius 3 is 2.67 bits per heavy atom. The third kappa shape index (κ3) is 4.78. The number of nitrogens with two attached hydrogens (primary N) is 1. The first-order valence-corrected chi connectivity index (χ1v) is 11.3. The summed E-state index contributed by atoms with van der Waals surface area (Å²) in [5.41, 5.74) is 7.09. The normalized spacial score (nSPS) is 20.1. The van der Waals surface area contributed by atoms with Gasteiger partial charge in [-0.15, -0.1) is 0 Å². The molecule has 5 rings (SSSR count). The molecule has 0 amide bonds. The van der Waals surface area contributed by atoms with Crippen molar-refractivity contribution in [3.8, 4) is 11.3 Å². The van der Waals surface area contributed by atoms with E-state index in [1.54, 1.807) is 0 Å². The number of nitrogen functional groups attached to an aromatic ring is 1. The van der Waals surface area contributed by atoms with Gasteiger partial charge in [-0.2, -0.15) is 5.10 Å². The highest BCUT2D eigenvalue weighted by Crippen LogP contribution is 2.39. The van der Waals surface area contributed by atoms with Gasteiger partial charge in [0.05, 0.1) is 29.6 Å². The number of aldehydes is 1. The molecule has 9 heteroatoms. The van der Waals surface area contributed by atoms with Crippen molar-refractivity contribution in [1.29, 1.82) is 0 Å². The SMILES string of the molecule is CC.Nc1nc(C2CCOC(c3cnn(C4CC4)c3)C2)nc(-c2ccc(F)cc2F)c1C=O. The smallest absolute Gasteiger partial charge is 0.155 e. The molecular formula is C24H27F2N5O2. The zero-order valence-electron chi connectivity index (χ0n) is 18.7. The van der Waals surface area contributed by atoms with Crippen LogP contribution in [0.2, 0.25) is 0 Å². The lowest BCUT2D eigenvalue weighted by Crippen LogP contribution is -2.21. The van der Waals surface area contributed by atoms with Gasteiger partial charge in [-0.05, 0) is 37.8 Å². The number of carbonyl (C=O) groups excluding carboxylic acids is 1. The molecule has 1 aromatic carbocycles. The molecule has 7 nitrogen and oxygen atoms in total. The average molecular weight is 456 g/mol. The Bertz CT molecular complexity index is 1150. The Balaban J connectivity index is 0.00000126. The number of rotatable bonds is 5. The summed E-state index contributed by atoms with van der Waals surface area (Å²) < 4.78 is 35.7. The van der Waals surface area contributed by atoms with Crippen LogP contribution < -0.4 is 5.73 Å². The lowest BCUT2D eigenvalue weighted by Gasteiger charge is -2.28. The molecular weight excluding hydrogens is 428 g/mol. The maximum Gasteiger partial charge on any atom is 0.155 e. The standard InChI is InChI=1S/C22H21F2N5O2.C2H6/c23-14-1-4-16(18(24)8-14)20-17(11-30)21(25)28-22(27-20)12-5-6-31-19(7-12)13-9-26-29(10-13)15-2-3-15;1-2/h1,4,8-12,15,19H,2-3,5-7H2,(H2,25,27,28);1-2H3. The number of hydrogen-bond acceptors (Lipinski definition) is 6. The minimum Gasteiger partial charge on any atom is -0.383 e. The summed E-state index contributed by atoms with van der Waals surface area (Å²) in [5.74, 6) is -1.22. The summed E-state index contributed by atoms with van der Waals surface area (Å²) in [5, 5.41) is 4.43. The second-order valence-corrected chi connectivity index (χ2v) is 8.04. The van der Waals surface area contributed by atoms with Crippen LogP contribution in [0.4, 0.5) is 14.6 Å². The van der Waals surface area contributed by atoms with E-state index in [1.807, 2.05) is 30.9 Å². The predicted molar refractivity (Wildman–Crippen MR) is 120 cm³/mol. The van der Waals surface area contributed by atoms with Gasteiger partial charge >= 0.3 is 0 Å². The number of carbonyl (C=O) groups is 1. The summed E-state index contributed by atoms with van der Waals surface area (Å²) in [4.78, 5) is 20.4. The molecule has 1 saturated heterocycles. The number of nitrogens with zero attached hydrogens (tertiary/aromatic N) is 4. The zero-order chi connectivity index (χ0) is 23.5. The highest BCUT2D eigenvalue weighted by Gasteiger charge is 2.31. The topological polar surface area (TPSA) is 95.9 Å². The van der Waals surface area contributed by atoms with Gasteiger partial charge in [0.1, 0.15) is 23.3 Å². The van der Waals surface area contributed by atoms with Crippen molar-refractivity contribution in [3.63, 3.8) is 0 Å². The van der Waals surface area contributed by atoms with E-state index < -0.39 is 11.6 Å². The Morgan fingerprint density at radius 2 is 1.97 bits per heavy atom. The maximum atomic E-state index is 14.4. The van der Waals surface area contributed by atoms with Crippen LogP contribution in [0, 0.1) is 11.6 Å². The lowest BCUT2D eigenvalue weighted by atomic mass is 9.92. The van der Waals surface area contributed by atoms with Gasteiger partial charge in [0.25, 0.3) is 0 Å². The fraction of sp³-hybridized carbons (Fsp3) is 0.417. The van der Waals surface area contributed by atoms with Gasteiger partial charge in [0.2, 0.25) is 0 Å². The molecule has 0 radical (unpaired) electrons. The average Bonchev–Trinajstić information content (AvgIpc) is 3.56. The minimum atomic E-state index is -0.815. The largest absolute Gasteiger partial charge is 0.383 e. The van der Waals surface area contributed by atoms with Crippen LogP contribution >= 0.6 is 0 Å². The molecule has 2 unspecified atom stereocenters. The molecule has 3 heterocycles. The molecule has 2 atom stereocenters. The highest BCUT2D eigenvalue weighted by molar-refractivity contribution is 5.91. The molecule has 2 aromatic heterocycles. The summed E-state index contributed by atoms with van der Waals surface area (Å²) in [6.07, 6.45) is 7.76. The van der Waals surface area contributed by atoms with Crippen LogP contribution in [-0.4, -0.2) is 32.6 Å². The van der Waals surface area contributed by atoms with Crippen molar-refractivity contribution in [2.45, 2.75) is 57.6 Å². The molecule has 0 spiro atoms. The first kappa shape index (κ1) is 23.0. The van der Waals surface area contributed by atoms with Crippen molar-refractivity contribution >= 4 is 12.1 Å². The van der Waals surface area contributed by atoms with E-state index in [2.05, 4.69) is 15.1 Å². The number of ether oxygens (including phenoxy) is 1. The molecule has 2 aliphatic rings. The van der Waals surface area contributed by atoms with Crippen molar-refractivity contribution < 1.29 is 18.3 Å². The monoisotopic (exact) mass is 455 g/mol. The summed E-state index contributed by atoms with van der Waals surface area (Å²) in [7, 11) is 0. The van der Waals surface area contributed by atoms with E-state index in [0.717, 1.165) is 30.5 Å². The van der Waals surface area contributed by atoms with Gasteiger partial charge in [-0.1, -0.05) is 13.8 Å². The first-order chi connectivity index (χ1) is 16.0. The summed E-state index contributed by atoms with van der Waals surface area (Å²) in [6.45, 7) is 4.50. The minimum absolute atomic E-state index is 0.00756. The molecule has 174 valence electrons. The van der Waals surface area contributed by atoms with E-state index in [9.17, 15) is 13.6 Å². The third-order valence-corrected chi connectivity index (χ3v) is 5.86. The number of halogens is 2. The Hall–Kier alpha value is -3.20. The highest BCUT2D eigenvalue weighted by atomic mass is 19.1. The molecule has 1 aliphatic carbocycles. The quantitative estimate of drug-likeness (QED) is 0.544. The Morgan fingerprint density at radius 1 is 1.18 bits per heavy atom. The first-order valence-electron chi connectivity index (χ1n) is 11.3. The summed E-state index contributed by atoms with van der Waals surface area (Å²) in [6, 6.07) is 3.61. The lowest BCUT2D eigenvalue weighted by molar-refractivity contribution is 0.00393. The number of benzene rings is 1. The fourth-order valence-corrected chi connectivity index (χ4v) is 4.01. The van der Waals surface area contributed by atoms with E-state index in [4.69, 9.17) is 10.5 Å². The Kier molecular flexibility index (Phi) is 6.78. The van der Waals surface area contributed by atoms with E-state index >= 15 is 0 Å². The maximum absolute atomic E-state index is 14.4. The van der Waals surface area contributed by atoms with Crippen molar-refractivity contribution in [1.82, 2.24) is 19.7 Å². The Labute approximate surface area is 191 Å². The van der Waals surface area contributed by atoms with E-state index in [-0.39, 0.29) is 34.7 Å². The van der Waals surface area contributed by atoms with Crippen molar-refractivity contribution in [2.24, 2.45) is 0 Å². The van der Waals surface area contributed by atoms with Gasteiger partial charge in [0.15, 0.2) is 6.29 Å². The third-order valence-electron chi connectivity index (χ3n) is 5.86. The van der Waals surface area contributed by atoms with Gasteiger partial charge in [-0.25, -0.2) is 18.7 Å². The number of hydrogen-bond donors (Lipinski definition) is 1. The van der Waals surface area contributed by atoms with Crippen LogP contribution in [0.15, 0.2) is 30.6 Å². The molecule has 1 saturated carbocycles. The van der Waals surface area contributed by atoms with Gasteiger partial charge in [-0.3, -0.25) is 9.48 Å². The van der Waals surface area contributed by atoms with Crippen LogP contribution in [0.5, 0.6) is 0 Å². The second kappa shape index (κ2) is 9.74. The summed E-state index contributed by atoms with van der Waals surface area (Å²) >= 11 is 0. The molecule has 33 heavy (non-hydrogen) atoms. The fourth-order valence-electron chi connectivity index (χ4n) is 4.01. The zero-order valence-corrected chi connectivity index (χ0v) is 18.7. The molecule has 0 bridgehead atoms. The van der Waals surface area contributed by atoms with Crippen molar-refractivity contribution in [2.75, 3.05) is 12.3 Å². The van der Waals surface area contributed by atoms with Crippen LogP contribution in [0.3, 0.4) is 0 Å². The second-order valence-electron chi connectivity index (χ2n) is 8.04. The molecule has 2 fully saturated rings. The van der Waals surface area contributed by atoms with Crippen LogP contribution in [-0.2, 0) is 4.74 Å². The van der Waals surface area contributed by atoms with Gasteiger partial charge in [0, 0.05) is 35.9 Å². The predicted octanol–water partition coefficient (Wildman–Crippen LogP) is 5.01. The van der Waals surface area contributed by atoms with E-state index in [1.165, 1.54) is 6.07 Å². The van der Waals surface area contributed by atoms with Crippen molar-refractivity contribution in [3.05, 3.63) is 59.2 Å².